The number of carboxylic acid groups (broad SMARTS) is 1. The minimum Gasteiger partial charge on any atom is -0.481 e. The number of hydrogen-bond acceptors (Lipinski definition) is 4. The number of urea groups is 1. The number of aliphatic hydroxyl groups is 1. The molecule has 2 aromatic carbocycles. The molecule has 0 heterocycles. The second-order valence-corrected chi connectivity index (χ2v) is 13.0. The van der Waals surface area contributed by atoms with Crippen molar-refractivity contribution in [3.63, 3.8) is 0 Å². The second-order valence-electron chi connectivity index (χ2n) is 13.0. The van der Waals surface area contributed by atoms with E-state index < -0.39 is 17.0 Å². The Bertz CT molecular complexity index is 1180. The predicted molar refractivity (Wildman–Crippen MR) is 167 cm³/mol. The maximum atomic E-state index is 13.3. The van der Waals surface area contributed by atoms with Gasteiger partial charge in [-0.15, -0.1) is 0 Å². The van der Waals surface area contributed by atoms with Gasteiger partial charge in [-0.05, 0) is 88.6 Å². The van der Waals surface area contributed by atoms with Crippen molar-refractivity contribution in [3.8, 4) is 0 Å². The molecule has 2 aliphatic carbocycles. The summed E-state index contributed by atoms with van der Waals surface area (Å²) in [5.41, 5.74) is 3.21. The Hall–Kier alpha value is -3.06. The summed E-state index contributed by atoms with van der Waals surface area (Å²) in [5.74, 6) is -0.292. The maximum absolute atomic E-state index is 13.3. The van der Waals surface area contributed by atoms with Crippen LogP contribution < -0.4 is 15.5 Å². The molecule has 4 N–H and O–H groups in total. The van der Waals surface area contributed by atoms with Gasteiger partial charge in [0.2, 0.25) is 0 Å². The first-order valence-electron chi connectivity index (χ1n) is 15.5. The number of hydrogen-bond donors (Lipinski definition) is 4. The second kappa shape index (κ2) is 13.3. The summed E-state index contributed by atoms with van der Waals surface area (Å²) in [6.45, 7) is 8.87. The first-order chi connectivity index (χ1) is 19.5. The van der Waals surface area contributed by atoms with Gasteiger partial charge in [0.25, 0.3) is 0 Å². The fourth-order valence-corrected chi connectivity index (χ4v) is 7.00. The molecule has 2 fully saturated rings. The van der Waals surface area contributed by atoms with Crippen molar-refractivity contribution in [2.45, 2.75) is 115 Å². The molecule has 224 valence electrons. The van der Waals surface area contributed by atoms with Crippen LogP contribution in [-0.2, 0) is 10.2 Å². The number of carboxylic acids is 1. The zero-order chi connectivity index (χ0) is 29.6. The number of carbonyl (C=O) groups excluding carboxylic acids is 1. The van der Waals surface area contributed by atoms with Gasteiger partial charge < -0.3 is 25.7 Å². The van der Waals surface area contributed by atoms with E-state index in [0.29, 0.717) is 17.3 Å². The lowest BCUT2D eigenvalue weighted by atomic mass is 9.70. The molecule has 2 aromatic rings. The van der Waals surface area contributed by atoms with Crippen molar-refractivity contribution in [1.82, 2.24) is 0 Å². The molecule has 0 aromatic heterocycles. The molecule has 4 rings (SSSR count). The Kier molecular flexibility index (Phi) is 10.0. The molecule has 1 atom stereocenters. The number of rotatable bonds is 10. The highest BCUT2D eigenvalue weighted by molar-refractivity contribution is 6.02. The van der Waals surface area contributed by atoms with Gasteiger partial charge in [0.15, 0.2) is 0 Å². The molecule has 0 radical (unpaired) electrons. The Balaban J connectivity index is 1.68. The number of amides is 2. The molecule has 2 aliphatic rings. The van der Waals surface area contributed by atoms with E-state index in [1.54, 1.807) is 0 Å². The van der Waals surface area contributed by atoms with Crippen molar-refractivity contribution in [1.29, 1.82) is 0 Å². The van der Waals surface area contributed by atoms with E-state index in [-0.39, 0.29) is 18.5 Å². The predicted octanol–water partition coefficient (Wildman–Crippen LogP) is 7.86. The topological polar surface area (TPSA) is 102 Å². The van der Waals surface area contributed by atoms with Gasteiger partial charge in [-0.1, -0.05) is 62.8 Å². The Morgan fingerprint density at radius 3 is 2.27 bits per heavy atom. The smallest absolute Gasteiger partial charge is 0.323 e. The van der Waals surface area contributed by atoms with E-state index >= 15 is 0 Å². The molecule has 7 nitrogen and oxygen atoms in total. The Morgan fingerprint density at radius 1 is 1.00 bits per heavy atom. The van der Waals surface area contributed by atoms with Crippen molar-refractivity contribution in [2.24, 2.45) is 5.92 Å². The summed E-state index contributed by atoms with van der Waals surface area (Å²) in [6.07, 6.45) is 10.0. The SMILES string of the molecule is CCN(c1ccc(C(C)(CC(=O)O)CC2CCCCC2)cc1NC(=O)Nc1ccc(C)cc1)C1CCC(C)(O)CC1. The number of benzene rings is 2. The number of anilines is 3. The van der Waals surface area contributed by atoms with Gasteiger partial charge in [-0.25, -0.2) is 4.79 Å². The number of carbonyl (C=O) groups is 2. The van der Waals surface area contributed by atoms with E-state index in [1.807, 2.05) is 44.2 Å². The normalized spacial score (nSPS) is 22.9. The molecule has 0 saturated heterocycles. The zero-order valence-electron chi connectivity index (χ0n) is 25.3. The van der Waals surface area contributed by atoms with Gasteiger partial charge in [-0.2, -0.15) is 0 Å². The van der Waals surface area contributed by atoms with Gasteiger partial charge in [0, 0.05) is 23.7 Å². The van der Waals surface area contributed by atoms with Gasteiger partial charge in [0.05, 0.1) is 23.4 Å². The highest BCUT2D eigenvalue weighted by Crippen LogP contribution is 2.43. The lowest BCUT2D eigenvalue weighted by molar-refractivity contribution is -0.138. The molecule has 0 spiro atoms. The molecular weight excluding hydrogens is 514 g/mol. The van der Waals surface area contributed by atoms with Crippen molar-refractivity contribution >= 4 is 29.1 Å². The molecular formula is C34H49N3O4. The third-order valence-electron chi connectivity index (χ3n) is 9.38. The average Bonchev–Trinajstić information content (AvgIpc) is 2.92. The summed E-state index contributed by atoms with van der Waals surface area (Å²) in [4.78, 5) is 27.7. The highest BCUT2D eigenvalue weighted by Gasteiger charge is 2.35. The lowest BCUT2D eigenvalue weighted by Crippen LogP contribution is -2.43. The van der Waals surface area contributed by atoms with Crippen LogP contribution in [0.15, 0.2) is 42.5 Å². The summed E-state index contributed by atoms with van der Waals surface area (Å²) >= 11 is 0. The third-order valence-corrected chi connectivity index (χ3v) is 9.38. The van der Waals surface area contributed by atoms with Gasteiger partial charge in [0.1, 0.15) is 0 Å². The molecule has 2 saturated carbocycles. The Morgan fingerprint density at radius 2 is 1.66 bits per heavy atom. The van der Waals surface area contributed by atoms with E-state index in [2.05, 4.69) is 41.5 Å². The van der Waals surface area contributed by atoms with Crippen LogP contribution in [0.5, 0.6) is 0 Å². The average molecular weight is 564 g/mol. The number of aliphatic carboxylic acids is 1. The van der Waals surface area contributed by atoms with E-state index in [1.165, 1.54) is 19.3 Å². The zero-order valence-corrected chi connectivity index (χ0v) is 25.3. The van der Waals surface area contributed by atoms with E-state index in [4.69, 9.17) is 0 Å². The van der Waals surface area contributed by atoms with Crippen LogP contribution in [0.1, 0.15) is 103 Å². The molecule has 0 bridgehead atoms. The van der Waals surface area contributed by atoms with Crippen molar-refractivity contribution < 1.29 is 19.8 Å². The summed E-state index contributed by atoms with van der Waals surface area (Å²) in [6, 6.07) is 13.8. The third kappa shape index (κ3) is 8.25. The molecule has 1 unspecified atom stereocenters. The summed E-state index contributed by atoms with van der Waals surface area (Å²) < 4.78 is 0. The monoisotopic (exact) mass is 563 g/mol. The van der Waals surface area contributed by atoms with Gasteiger partial charge in [-0.3, -0.25) is 4.79 Å². The van der Waals surface area contributed by atoms with Crippen LogP contribution in [0.4, 0.5) is 21.9 Å². The molecule has 7 heteroatoms. The molecule has 41 heavy (non-hydrogen) atoms. The van der Waals surface area contributed by atoms with Crippen molar-refractivity contribution in [2.75, 3.05) is 22.1 Å². The summed E-state index contributed by atoms with van der Waals surface area (Å²) in [7, 11) is 0. The minimum atomic E-state index is -0.802. The quantitative estimate of drug-likeness (QED) is 0.236. The van der Waals surface area contributed by atoms with Crippen LogP contribution in [0, 0.1) is 12.8 Å². The standard InChI is InChI=1S/C34H49N3O4/c1-5-37(28-17-19-34(4,41)20-18-28)30-16-13-26(33(3,23-31(38)39)22-25-9-7-6-8-10-25)21-29(30)36-32(40)35-27-14-11-24(2)12-15-27/h11-16,21,25,28,41H,5-10,17-20,22-23H2,1-4H3,(H,38,39)(H2,35,36,40). The van der Waals surface area contributed by atoms with E-state index in [0.717, 1.165) is 68.3 Å². The number of aryl methyl sites for hydroxylation is 1. The lowest BCUT2D eigenvalue weighted by Gasteiger charge is -2.41. The fourth-order valence-electron chi connectivity index (χ4n) is 7.00. The largest absolute Gasteiger partial charge is 0.481 e. The Labute approximate surface area is 245 Å². The van der Waals surface area contributed by atoms with Crippen LogP contribution in [-0.4, -0.2) is 40.4 Å². The maximum Gasteiger partial charge on any atom is 0.323 e. The first-order valence-corrected chi connectivity index (χ1v) is 15.5. The highest BCUT2D eigenvalue weighted by atomic mass is 16.4. The first kappa shape index (κ1) is 30.9. The van der Waals surface area contributed by atoms with Crippen LogP contribution in [0.2, 0.25) is 0 Å². The minimum absolute atomic E-state index is 0.0487. The molecule has 0 aliphatic heterocycles. The van der Waals surface area contributed by atoms with Crippen LogP contribution >= 0.6 is 0 Å². The van der Waals surface area contributed by atoms with E-state index in [9.17, 15) is 19.8 Å². The fraction of sp³-hybridized carbons (Fsp3) is 0.588. The van der Waals surface area contributed by atoms with Crippen molar-refractivity contribution in [3.05, 3.63) is 53.6 Å². The summed E-state index contributed by atoms with van der Waals surface area (Å²) in [5, 5.41) is 26.5. The van der Waals surface area contributed by atoms with Crippen LogP contribution in [0.3, 0.4) is 0 Å². The number of nitrogens with zero attached hydrogens (tertiary/aromatic N) is 1. The molecule has 2 amide bonds. The number of nitrogens with one attached hydrogen (secondary N) is 2. The van der Waals surface area contributed by atoms with Crippen LogP contribution in [0.25, 0.3) is 0 Å². The van der Waals surface area contributed by atoms with Gasteiger partial charge >= 0.3 is 12.0 Å².